The van der Waals surface area contributed by atoms with Crippen molar-refractivity contribution in [1.29, 1.82) is 0 Å². The molecule has 1 heterocycles. The average molecular weight is 339 g/mol. The highest BCUT2D eigenvalue weighted by atomic mass is 79.9. The quantitative estimate of drug-likeness (QED) is 0.883. The summed E-state index contributed by atoms with van der Waals surface area (Å²) in [6.45, 7) is 6.05. The highest BCUT2D eigenvalue weighted by Crippen LogP contribution is 2.30. The van der Waals surface area contributed by atoms with Crippen molar-refractivity contribution in [1.82, 2.24) is 10.6 Å². The Balaban J connectivity index is 2.05. The molecule has 0 aromatic heterocycles. The highest BCUT2D eigenvalue weighted by molar-refractivity contribution is 9.10. The first-order valence-corrected chi connectivity index (χ1v) is 8.11. The average Bonchev–Trinajstić information content (AvgIpc) is 2.46. The van der Waals surface area contributed by atoms with E-state index in [2.05, 4.69) is 52.5 Å². The number of amides is 1. The molecule has 20 heavy (non-hydrogen) atoms. The number of halogens is 1. The lowest BCUT2D eigenvalue weighted by molar-refractivity contribution is -0.132. The Labute approximate surface area is 129 Å². The summed E-state index contributed by atoms with van der Waals surface area (Å²) in [5, 5.41) is 6.55. The van der Waals surface area contributed by atoms with Gasteiger partial charge in [0, 0.05) is 9.89 Å². The molecule has 2 rings (SSSR count). The van der Waals surface area contributed by atoms with Crippen LogP contribution in [0.25, 0.3) is 0 Å². The van der Waals surface area contributed by atoms with Crippen LogP contribution in [0.4, 0.5) is 0 Å². The van der Waals surface area contributed by atoms with E-state index in [4.69, 9.17) is 0 Å². The van der Waals surface area contributed by atoms with E-state index >= 15 is 0 Å². The number of piperidine rings is 1. The minimum Gasteiger partial charge on any atom is -0.349 e. The second-order valence-electron chi connectivity index (χ2n) is 5.80. The molecule has 1 atom stereocenters. The van der Waals surface area contributed by atoms with E-state index in [0.29, 0.717) is 0 Å². The van der Waals surface area contributed by atoms with Crippen LogP contribution in [0.15, 0.2) is 28.7 Å². The molecule has 1 aliphatic rings. The second-order valence-corrected chi connectivity index (χ2v) is 6.71. The van der Waals surface area contributed by atoms with Crippen molar-refractivity contribution in [2.75, 3.05) is 13.1 Å². The maximum absolute atomic E-state index is 12.6. The molecule has 0 radical (unpaired) electrons. The molecule has 1 fully saturated rings. The Morgan fingerprint density at radius 3 is 2.50 bits per heavy atom. The van der Waals surface area contributed by atoms with Crippen molar-refractivity contribution < 1.29 is 4.79 Å². The molecular formula is C16H23BrN2O. The van der Waals surface area contributed by atoms with E-state index in [1.807, 2.05) is 12.1 Å². The number of hydrogen-bond donors (Lipinski definition) is 2. The zero-order chi connectivity index (χ0) is 14.6. The summed E-state index contributed by atoms with van der Waals surface area (Å²) < 4.78 is 1.06. The Hall–Kier alpha value is -0.870. The Bertz CT molecular complexity index is 452. The van der Waals surface area contributed by atoms with Gasteiger partial charge in [-0.3, -0.25) is 4.79 Å². The molecule has 1 saturated heterocycles. The van der Waals surface area contributed by atoms with Crippen molar-refractivity contribution >= 4 is 21.8 Å². The molecule has 0 bridgehead atoms. The first-order valence-electron chi connectivity index (χ1n) is 7.32. The summed E-state index contributed by atoms with van der Waals surface area (Å²) in [6.07, 6.45) is 2.73. The predicted octanol–water partition coefficient (Wildman–Crippen LogP) is 3.41. The summed E-state index contributed by atoms with van der Waals surface area (Å²) >= 11 is 3.44. The minimum absolute atomic E-state index is 0.0994. The van der Waals surface area contributed by atoms with Crippen LogP contribution < -0.4 is 10.6 Å². The van der Waals surface area contributed by atoms with Crippen LogP contribution in [0.2, 0.25) is 0 Å². The standard InChI is InChI=1S/C16H23BrN2O/c1-3-14(12-4-6-13(17)7-5-12)19-15(20)16(2)8-10-18-11-9-16/h4-7,14,18H,3,8-11H2,1-2H3,(H,19,20). The lowest BCUT2D eigenvalue weighted by Crippen LogP contribution is -2.46. The number of rotatable bonds is 4. The Kier molecular flexibility index (Phi) is 5.22. The van der Waals surface area contributed by atoms with Gasteiger partial charge in [-0.15, -0.1) is 0 Å². The van der Waals surface area contributed by atoms with Gasteiger partial charge in [-0.1, -0.05) is 41.9 Å². The summed E-state index contributed by atoms with van der Waals surface area (Å²) in [5.74, 6) is 0.189. The first-order chi connectivity index (χ1) is 9.55. The molecule has 0 spiro atoms. The molecule has 4 heteroatoms. The van der Waals surface area contributed by atoms with Crippen LogP contribution >= 0.6 is 15.9 Å². The number of carbonyl (C=O) groups excluding carboxylic acids is 1. The molecule has 110 valence electrons. The van der Waals surface area contributed by atoms with Crippen molar-refractivity contribution in [2.24, 2.45) is 5.41 Å². The Morgan fingerprint density at radius 2 is 1.95 bits per heavy atom. The monoisotopic (exact) mass is 338 g/mol. The third-order valence-electron chi connectivity index (χ3n) is 4.24. The lowest BCUT2D eigenvalue weighted by atomic mass is 9.80. The van der Waals surface area contributed by atoms with Crippen LogP contribution in [0.1, 0.15) is 44.7 Å². The third-order valence-corrected chi connectivity index (χ3v) is 4.77. The third kappa shape index (κ3) is 3.61. The van der Waals surface area contributed by atoms with Crippen LogP contribution in [0.3, 0.4) is 0 Å². The minimum atomic E-state index is -0.228. The fourth-order valence-electron chi connectivity index (χ4n) is 2.65. The predicted molar refractivity (Wildman–Crippen MR) is 85.5 cm³/mol. The molecule has 2 N–H and O–H groups in total. The maximum Gasteiger partial charge on any atom is 0.226 e. The first kappa shape index (κ1) is 15.5. The van der Waals surface area contributed by atoms with E-state index in [1.54, 1.807) is 0 Å². The van der Waals surface area contributed by atoms with Gasteiger partial charge in [-0.25, -0.2) is 0 Å². The van der Waals surface area contributed by atoms with Crippen molar-refractivity contribution in [3.8, 4) is 0 Å². The molecule has 1 aliphatic heterocycles. The van der Waals surface area contributed by atoms with Gasteiger partial charge in [0.15, 0.2) is 0 Å². The molecular weight excluding hydrogens is 316 g/mol. The summed E-state index contributed by atoms with van der Waals surface area (Å²) in [6, 6.07) is 8.29. The highest BCUT2D eigenvalue weighted by Gasteiger charge is 2.35. The molecule has 1 unspecified atom stereocenters. The van der Waals surface area contributed by atoms with Crippen molar-refractivity contribution in [3.63, 3.8) is 0 Å². The van der Waals surface area contributed by atoms with Crippen LogP contribution in [-0.4, -0.2) is 19.0 Å². The topological polar surface area (TPSA) is 41.1 Å². The van der Waals surface area contributed by atoms with Crippen molar-refractivity contribution in [2.45, 2.75) is 39.2 Å². The van der Waals surface area contributed by atoms with Gasteiger partial charge in [0.05, 0.1) is 6.04 Å². The zero-order valence-corrected chi connectivity index (χ0v) is 13.8. The van der Waals surface area contributed by atoms with Crippen LogP contribution in [-0.2, 0) is 4.79 Å². The summed E-state index contributed by atoms with van der Waals surface area (Å²) in [7, 11) is 0. The van der Waals surface area contributed by atoms with Gasteiger partial charge < -0.3 is 10.6 Å². The number of carbonyl (C=O) groups is 1. The number of hydrogen-bond acceptors (Lipinski definition) is 2. The molecule has 1 aromatic rings. The molecule has 1 aromatic carbocycles. The van der Waals surface area contributed by atoms with Crippen LogP contribution in [0, 0.1) is 5.41 Å². The summed E-state index contributed by atoms with van der Waals surface area (Å²) in [5.41, 5.74) is 0.940. The molecule has 3 nitrogen and oxygen atoms in total. The lowest BCUT2D eigenvalue weighted by Gasteiger charge is -2.34. The van der Waals surface area contributed by atoms with Gasteiger partial charge in [-0.05, 0) is 50.0 Å². The van der Waals surface area contributed by atoms with E-state index in [0.717, 1.165) is 36.8 Å². The van der Waals surface area contributed by atoms with E-state index in [9.17, 15) is 4.79 Å². The van der Waals surface area contributed by atoms with Gasteiger partial charge >= 0.3 is 0 Å². The zero-order valence-electron chi connectivity index (χ0n) is 12.2. The van der Waals surface area contributed by atoms with E-state index in [-0.39, 0.29) is 17.4 Å². The van der Waals surface area contributed by atoms with Gasteiger partial charge in [0.1, 0.15) is 0 Å². The van der Waals surface area contributed by atoms with Gasteiger partial charge in [-0.2, -0.15) is 0 Å². The smallest absolute Gasteiger partial charge is 0.226 e. The fraction of sp³-hybridized carbons (Fsp3) is 0.562. The van der Waals surface area contributed by atoms with E-state index in [1.165, 1.54) is 5.56 Å². The SMILES string of the molecule is CCC(NC(=O)C1(C)CCNCC1)c1ccc(Br)cc1. The van der Waals surface area contributed by atoms with Gasteiger partial charge in [0.2, 0.25) is 5.91 Å². The number of benzene rings is 1. The Morgan fingerprint density at radius 1 is 1.35 bits per heavy atom. The largest absolute Gasteiger partial charge is 0.349 e. The second kappa shape index (κ2) is 6.72. The van der Waals surface area contributed by atoms with Gasteiger partial charge in [0.25, 0.3) is 0 Å². The molecule has 0 saturated carbocycles. The van der Waals surface area contributed by atoms with Crippen molar-refractivity contribution in [3.05, 3.63) is 34.3 Å². The normalized spacial score (nSPS) is 19.4. The fourth-order valence-corrected chi connectivity index (χ4v) is 2.92. The van der Waals surface area contributed by atoms with E-state index < -0.39 is 0 Å². The summed E-state index contributed by atoms with van der Waals surface area (Å²) in [4.78, 5) is 12.6. The molecule has 1 amide bonds. The molecule has 0 aliphatic carbocycles. The maximum atomic E-state index is 12.6. The van der Waals surface area contributed by atoms with Crippen LogP contribution in [0.5, 0.6) is 0 Å². The number of nitrogens with one attached hydrogen (secondary N) is 2.